The lowest BCUT2D eigenvalue weighted by molar-refractivity contribution is -0.134. The van der Waals surface area contributed by atoms with Crippen LogP contribution in [-0.4, -0.2) is 17.4 Å². The summed E-state index contributed by atoms with van der Waals surface area (Å²) in [5, 5.41) is 0. The predicted molar refractivity (Wildman–Crippen MR) is 65.3 cm³/mol. The third-order valence-corrected chi connectivity index (χ3v) is 3.38. The Labute approximate surface area is 99.9 Å². The van der Waals surface area contributed by atoms with Crippen LogP contribution in [0.4, 0.5) is 0 Å². The number of hydrogen-bond donors (Lipinski definition) is 0. The van der Waals surface area contributed by atoms with Gasteiger partial charge in [0.25, 0.3) is 0 Å². The largest absolute Gasteiger partial charge is 0.338 e. The summed E-state index contributed by atoms with van der Waals surface area (Å²) in [6.07, 6.45) is 0. The van der Waals surface area contributed by atoms with Crippen LogP contribution in [0.25, 0.3) is 0 Å². The summed E-state index contributed by atoms with van der Waals surface area (Å²) < 4.78 is 0.776. The molecular weight excluding hydrogens is 230 g/mol. The maximum Gasteiger partial charge on any atom is 0.225 e. The van der Waals surface area contributed by atoms with E-state index in [1.807, 2.05) is 37.8 Å². The Morgan fingerprint density at radius 1 is 1.53 bits per heavy atom. The van der Waals surface area contributed by atoms with Crippen LogP contribution < -0.4 is 0 Å². The van der Waals surface area contributed by atoms with Crippen molar-refractivity contribution < 1.29 is 4.79 Å². The van der Waals surface area contributed by atoms with Gasteiger partial charge in [0.05, 0.1) is 10.9 Å². The van der Waals surface area contributed by atoms with E-state index in [0.717, 1.165) is 15.8 Å². The minimum atomic E-state index is 0.0559. The van der Waals surface area contributed by atoms with Gasteiger partial charge in [0.1, 0.15) is 0 Å². The molecule has 1 aromatic rings. The molecule has 0 unspecified atom stereocenters. The van der Waals surface area contributed by atoms with Crippen molar-refractivity contribution in [1.82, 2.24) is 4.90 Å². The van der Waals surface area contributed by atoms with Gasteiger partial charge in [-0.3, -0.25) is 4.79 Å². The van der Waals surface area contributed by atoms with Crippen LogP contribution >= 0.6 is 22.9 Å². The first-order valence-electron chi connectivity index (χ1n) is 5.07. The van der Waals surface area contributed by atoms with Gasteiger partial charge < -0.3 is 4.90 Å². The normalized spacial score (nSPS) is 10.7. The lowest BCUT2D eigenvalue weighted by atomic mass is 10.2. The van der Waals surface area contributed by atoms with Gasteiger partial charge in [-0.15, -0.1) is 11.3 Å². The van der Waals surface area contributed by atoms with Crippen LogP contribution in [0.15, 0.2) is 12.1 Å². The second kappa shape index (κ2) is 5.52. The van der Waals surface area contributed by atoms with Gasteiger partial charge in [0.15, 0.2) is 0 Å². The first-order valence-corrected chi connectivity index (χ1v) is 6.27. The number of halogens is 1. The van der Waals surface area contributed by atoms with Crippen molar-refractivity contribution in [3.05, 3.63) is 21.3 Å². The SMILES string of the molecule is CCN(Cc1ccc(Cl)s1)C(=O)C(C)C. The zero-order valence-corrected chi connectivity index (χ0v) is 10.9. The molecule has 0 fully saturated rings. The van der Waals surface area contributed by atoms with Gasteiger partial charge in [-0.1, -0.05) is 25.4 Å². The topological polar surface area (TPSA) is 20.3 Å². The van der Waals surface area contributed by atoms with Crippen molar-refractivity contribution >= 4 is 28.8 Å². The summed E-state index contributed by atoms with van der Waals surface area (Å²) in [5.41, 5.74) is 0. The van der Waals surface area contributed by atoms with Gasteiger partial charge in [0.2, 0.25) is 5.91 Å². The molecule has 1 amide bonds. The highest BCUT2D eigenvalue weighted by Gasteiger charge is 2.16. The Balaban J connectivity index is 2.65. The standard InChI is InChI=1S/C11H16ClNOS/c1-4-13(11(14)8(2)3)7-9-5-6-10(12)15-9/h5-6,8H,4,7H2,1-3H3. The van der Waals surface area contributed by atoms with E-state index in [-0.39, 0.29) is 11.8 Å². The number of carbonyl (C=O) groups is 1. The Morgan fingerprint density at radius 3 is 2.60 bits per heavy atom. The zero-order chi connectivity index (χ0) is 11.4. The van der Waals surface area contributed by atoms with Gasteiger partial charge in [0, 0.05) is 17.3 Å². The lowest BCUT2D eigenvalue weighted by Crippen LogP contribution is -2.33. The summed E-state index contributed by atoms with van der Waals surface area (Å²) in [6.45, 7) is 7.26. The molecule has 0 bridgehead atoms. The van der Waals surface area contributed by atoms with E-state index in [1.54, 1.807) is 0 Å². The number of carbonyl (C=O) groups excluding carboxylic acids is 1. The molecule has 0 saturated heterocycles. The van der Waals surface area contributed by atoms with E-state index in [0.29, 0.717) is 6.54 Å². The molecule has 2 nitrogen and oxygen atoms in total. The van der Waals surface area contributed by atoms with Gasteiger partial charge >= 0.3 is 0 Å². The molecule has 1 heterocycles. The van der Waals surface area contributed by atoms with Gasteiger partial charge in [-0.25, -0.2) is 0 Å². The van der Waals surface area contributed by atoms with Crippen LogP contribution in [0, 0.1) is 5.92 Å². The van der Waals surface area contributed by atoms with Crippen LogP contribution in [0.2, 0.25) is 4.34 Å². The highest BCUT2D eigenvalue weighted by molar-refractivity contribution is 7.16. The summed E-state index contributed by atoms with van der Waals surface area (Å²) >= 11 is 7.38. The quantitative estimate of drug-likeness (QED) is 0.796. The molecule has 1 aromatic heterocycles. The average molecular weight is 246 g/mol. The summed E-state index contributed by atoms with van der Waals surface area (Å²) in [6, 6.07) is 3.85. The van der Waals surface area contributed by atoms with Crippen LogP contribution in [-0.2, 0) is 11.3 Å². The van der Waals surface area contributed by atoms with Crippen LogP contribution in [0.5, 0.6) is 0 Å². The Hall–Kier alpha value is -0.540. The maximum atomic E-state index is 11.8. The lowest BCUT2D eigenvalue weighted by Gasteiger charge is -2.22. The molecule has 0 aliphatic heterocycles. The molecule has 1 rings (SSSR count). The second-order valence-corrected chi connectivity index (χ2v) is 5.51. The maximum absolute atomic E-state index is 11.8. The molecule has 0 N–H and O–H groups in total. The van der Waals surface area contributed by atoms with E-state index in [1.165, 1.54) is 11.3 Å². The van der Waals surface area contributed by atoms with Crippen molar-refractivity contribution in [1.29, 1.82) is 0 Å². The highest BCUT2D eigenvalue weighted by atomic mass is 35.5. The molecule has 4 heteroatoms. The molecule has 0 aromatic carbocycles. The van der Waals surface area contributed by atoms with Crippen LogP contribution in [0.3, 0.4) is 0 Å². The second-order valence-electron chi connectivity index (χ2n) is 3.71. The molecule has 0 radical (unpaired) electrons. The number of amides is 1. The molecule has 0 aliphatic rings. The Morgan fingerprint density at radius 2 is 2.20 bits per heavy atom. The molecule has 0 aliphatic carbocycles. The minimum absolute atomic E-state index is 0.0559. The summed E-state index contributed by atoms with van der Waals surface area (Å²) in [7, 11) is 0. The molecular formula is C11H16ClNOS. The van der Waals surface area contributed by atoms with E-state index in [9.17, 15) is 4.79 Å². The third kappa shape index (κ3) is 3.50. The van der Waals surface area contributed by atoms with Crippen molar-refractivity contribution in [3.8, 4) is 0 Å². The fraction of sp³-hybridized carbons (Fsp3) is 0.545. The first-order chi connectivity index (χ1) is 7.04. The zero-order valence-electron chi connectivity index (χ0n) is 9.29. The number of hydrogen-bond acceptors (Lipinski definition) is 2. The van der Waals surface area contributed by atoms with Crippen molar-refractivity contribution in [3.63, 3.8) is 0 Å². The van der Waals surface area contributed by atoms with Crippen LogP contribution in [0.1, 0.15) is 25.6 Å². The molecule has 0 saturated carbocycles. The molecule has 84 valence electrons. The van der Waals surface area contributed by atoms with E-state index < -0.39 is 0 Å². The van der Waals surface area contributed by atoms with E-state index >= 15 is 0 Å². The smallest absolute Gasteiger partial charge is 0.225 e. The van der Waals surface area contributed by atoms with Gasteiger partial charge in [-0.05, 0) is 19.1 Å². The third-order valence-electron chi connectivity index (χ3n) is 2.16. The number of rotatable bonds is 4. The van der Waals surface area contributed by atoms with Crippen molar-refractivity contribution in [2.45, 2.75) is 27.3 Å². The molecule has 0 atom stereocenters. The van der Waals surface area contributed by atoms with Crippen molar-refractivity contribution in [2.24, 2.45) is 5.92 Å². The number of nitrogens with zero attached hydrogens (tertiary/aromatic N) is 1. The van der Waals surface area contributed by atoms with Crippen molar-refractivity contribution in [2.75, 3.05) is 6.54 Å². The Kier molecular flexibility index (Phi) is 4.61. The minimum Gasteiger partial charge on any atom is -0.338 e. The van der Waals surface area contributed by atoms with E-state index in [2.05, 4.69) is 0 Å². The summed E-state index contributed by atoms with van der Waals surface area (Å²) in [5.74, 6) is 0.252. The fourth-order valence-electron chi connectivity index (χ4n) is 1.34. The summed E-state index contributed by atoms with van der Waals surface area (Å²) in [4.78, 5) is 14.8. The fourth-order valence-corrected chi connectivity index (χ4v) is 2.44. The molecule has 15 heavy (non-hydrogen) atoms. The number of thiophene rings is 1. The monoisotopic (exact) mass is 245 g/mol. The Bertz CT molecular complexity index is 335. The van der Waals surface area contributed by atoms with Gasteiger partial charge in [-0.2, -0.15) is 0 Å². The average Bonchev–Trinajstić information content (AvgIpc) is 2.59. The van der Waals surface area contributed by atoms with E-state index in [4.69, 9.17) is 11.6 Å². The predicted octanol–water partition coefficient (Wildman–Crippen LogP) is 3.41. The first kappa shape index (κ1) is 12.5. The molecule has 0 spiro atoms. The highest BCUT2D eigenvalue weighted by Crippen LogP contribution is 2.23.